The molecule has 4 nitrogen and oxygen atoms in total. The zero-order valence-electron chi connectivity index (χ0n) is 12.6. The first-order chi connectivity index (χ1) is 10.7. The maximum absolute atomic E-state index is 12.2. The molecule has 2 unspecified atom stereocenters. The van der Waals surface area contributed by atoms with E-state index in [9.17, 15) is 4.79 Å². The van der Waals surface area contributed by atoms with Gasteiger partial charge in [0.25, 0.3) is 0 Å². The first-order valence-corrected chi connectivity index (χ1v) is 9.76. The molecule has 6 heteroatoms. The summed E-state index contributed by atoms with van der Waals surface area (Å²) in [6.45, 7) is 2.92. The molecule has 1 aromatic rings. The third-order valence-corrected chi connectivity index (χ3v) is 5.83. The Morgan fingerprint density at radius 2 is 2.23 bits per heavy atom. The average molecular weight is 384 g/mol. The Hall–Kier alpha value is -0.720. The minimum Gasteiger partial charge on any atom is -0.369 e. The Morgan fingerprint density at radius 3 is 2.95 bits per heavy atom. The molecule has 3 rings (SSSR count). The number of thioether (sulfide) groups is 1. The normalized spacial score (nSPS) is 25.2. The SMILES string of the molecule is O=C(CC1CSCCN1)NC1CCN(c2ccc(Br)cc2)C1. The van der Waals surface area contributed by atoms with E-state index in [2.05, 4.69) is 55.7 Å². The van der Waals surface area contributed by atoms with Crippen LogP contribution in [0.2, 0.25) is 0 Å². The molecule has 2 aliphatic rings. The van der Waals surface area contributed by atoms with Crippen LogP contribution < -0.4 is 15.5 Å². The van der Waals surface area contributed by atoms with Gasteiger partial charge in [0, 0.05) is 59.8 Å². The molecule has 2 fully saturated rings. The van der Waals surface area contributed by atoms with Crippen molar-refractivity contribution in [2.24, 2.45) is 0 Å². The summed E-state index contributed by atoms with van der Waals surface area (Å²) < 4.78 is 1.10. The number of halogens is 1. The van der Waals surface area contributed by atoms with Crippen LogP contribution in [0.4, 0.5) is 5.69 Å². The van der Waals surface area contributed by atoms with E-state index in [-0.39, 0.29) is 11.9 Å². The van der Waals surface area contributed by atoms with E-state index >= 15 is 0 Å². The summed E-state index contributed by atoms with van der Waals surface area (Å²) in [6, 6.07) is 8.98. The minimum absolute atomic E-state index is 0.183. The summed E-state index contributed by atoms with van der Waals surface area (Å²) in [7, 11) is 0. The van der Waals surface area contributed by atoms with Crippen molar-refractivity contribution >= 4 is 39.3 Å². The van der Waals surface area contributed by atoms with Gasteiger partial charge in [0.05, 0.1) is 0 Å². The molecule has 0 radical (unpaired) electrons. The average Bonchev–Trinajstić information content (AvgIpc) is 2.97. The Balaban J connectivity index is 1.46. The lowest BCUT2D eigenvalue weighted by atomic mass is 10.2. The van der Waals surface area contributed by atoms with Crippen molar-refractivity contribution in [3.63, 3.8) is 0 Å². The van der Waals surface area contributed by atoms with Gasteiger partial charge in [-0.3, -0.25) is 4.79 Å². The molecule has 0 bridgehead atoms. The van der Waals surface area contributed by atoms with Crippen LogP contribution in [0.5, 0.6) is 0 Å². The van der Waals surface area contributed by atoms with Crippen molar-refractivity contribution in [2.75, 3.05) is 36.0 Å². The fourth-order valence-electron chi connectivity index (χ4n) is 3.03. The molecule has 0 saturated carbocycles. The highest BCUT2D eigenvalue weighted by Gasteiger charge is 2.25. The number of nitrogens with zero attached hydrogens (tertiary/aromatic N) is 1. The molecule has 2 atom stereocenters. The summed E-state index contributed by atoms with van der Waals surface area (Å²) >= 11 is 5.39. The summed E-state index contributed by atoms with van der Waals surface area (Å²) in [6.07, 6.45) is 1.62. The van der Waals surface area contributed by atoms with Gasteiger partial charge < -0.3 is 15.5 Å². The minimum atomic E-state index is 0.183. The zero-order chi connectivity index (χ0) is 15.4. The van der Waals surface area contributed by atoms with E-state index in [4.69, 9.17) is 0 Å². The highest BCUT2D eigenvalue weighted by Crippen LogP contribution is 2.22. The number of hydrogen-bond acceptors (Lipinski definition) is 4. The van der Waals surface area contributed by atoms with Crippen molar-refractivity contribution in [2.45, 2.75) is 24.9 Å². The number of carbonyl (C=O) groups excluding carboxylic acids is 1. The number of amides is 1. The second-order valence-corrected chi connectivity index (χ2v) is 7.97. The van der Waals surface area contributed by atoms with Gasteiger partial charge in [-0.25, -0.2) is 0 Å². The van der Waals surface area contributed by atoms with Crippen molar-refractivity contribution in [1.82, 2.24) is 10.6 Å². The molecule has 0 spiro atoms. The molecule has 120 valence electrons. The maximum Gasteiger partial charge on any atom is 0.221 e. The highest BCUT2D eigenvalue weighted by atomic mass is 79.9. The summed E-state index contributed by atoms with van der Waals surface area (Å²) in [5, 5.41) is 6.62. The molecule has 0 aliphatic carbocycles. The van der Waals surface area contributed by atoms with Gasteiger partial charge in [-0.05, 0) is 30.7 Å². The van der Waals surface area contributed by atoms with Gasteiger partial charge >= 0.3 is 0 Å². The lowest BCUT2D eigenvalue weighted by Gasteiger charge is -2.23. The van der Waals surface area contributed by atoms with E-state index in [1.807, 2.05) is 11.8 Å². The van der Waals surface area contributed by atoms with Gasteiger partial charge in [0.15, 0.2) is 0 Å². The van der Waals surface area contributed by atoms with Crippen LogP contribution in [-0.2, 0) is 4.79 Å². The standard InChI is InChI=1S/C16H22BrN3OS/c17-12-1-3-15(4-2-12)20-7-5-13(10-20)19-16(21)9-14-11-22-8-6-18-14/h1-4,13-14,18H,5-11H2,(H,19,21). The molecule has 22 heavy (non-hydrogen) atoms. The molecule has 0 aromatic heterocycles. The Morgan fingerprint density at radius 1 is 1.41 bits per heavy atom. The second-order valence-electron chi connectivity index (χ2n) is 5.91. The van der Waals surface area contributed by atoms with E-state index in [1.54, 1.807) is 0 Å². The first-order valence-electron chi connectivity index (χ1n) is 7.82. The number of benzene rings is 1. The monoisotopic (exact) mass is 383 g/mol. The summed E-state index contributed by atoms with van der Waals surface area (Å²) in [5.74, 6) is 2.38. The lowest BCUT2D eigenvalue weighted by molar-refractivity contribution is -0.122. The van der Waals surface area contributed by atoms with Crippen molar-refractivity contribution < 1.29 is 4.79 Å². The van der Waals surface area contributed by atoms with Crippen molar-refractivity contribution in [3.8, 4) is 0 Å². The van der Waals surface area contributed by atoms with Gasteiger partial charge in [-0.15, -0.1) is 0 Å². The van der Waals surface area contributed by atoms with Gasteiger partial charge in [0.2, 0.25) is 5.91 Å². The van der Waals surface area contributed by atoms with Crippen LogP contribution in [0, 0.1) is 0 Å². The molecular formula is C16H22BrN3OS. The van der Waals surface area contributed by atoms with Crippen LogP contribution in [0.15, 0.2) is 28.7 Å². The van der Waals surface area contributed by atoms with E-state index in [0.717, 1.165) is 42.0 Å². The summed E-state index contributed by atoms with van der Waals surface area (Å²) in [4.78, 5) is 14.5. The van der Waals surface area contributed by atoms with Crippen LogP contribution in [0.1, 0.15) is 12.8 Å². The van der Waals surface area contributed by atoms with Crippen molar-refractivity contribution in [1.29, 1.82) is 0 Å². The fraction of sp³-hybridized carbons (Fsp3) is 0.562. The Bertz CT molecular complexity index is 505. The molecule has 2 heterocycles. The molecule has 2 N–H and O–H groups in total. The first kappa shape index (κ1) is 16.1. The lowest BCUT2D eigenvalue weighted by Crippen LogP contribution is -2.44. The number of carbonyl (C=O) groups is 1. The number of nitrogens with one attached hydrogen (secondary N) is 2. The topological polar surface area (TPSA) is 44.4 Å². The van der Waals surface area contributed by atoms with Gasteiger partial charge in [-0.1, -0.05) is 15.9 Å². The third-order valence-electron chi connectivity index (χ3n) is 4.18. The molecule has 1 aromatic carbocycles. The number of hydrogen-bond donors (Lipinski definition) is 2. The molecule has 2 saturated heterocycles. The predicted molar refractivity (Wildman–Crippen MR) is 96.6 cm³/mol. The zero-order valence-corrected chi connectivity index (χ0v) is 15.0. The second kappa shape index (κ2) is 7.70. The Labute approximate surface area is 144 Å². The Kier molecular flexibility index (Phi) is 5.66. The highest BCUT2D eigenvalue weighted by molar-refractivity contribution is 9.10. The molecule has 2 aliphatic heterocycles. The smallest absolute Gasteiger partial charge is 0.221 e. The van der Waals surface area contributed by atoms with Crippen LogP contribution in [0.25, 0.3) is 0 Å². The number of rotatable bonds is 4. The third kappa shape index (κ3) is 4.40. The van der Waals surface area contributed by atoms with E-state index in [0.29, 0.717) is 12.5 Å². The van der Waals surface area contributed by atoms with E-state index < -0.39 is 0 Å². The fourth-order valence-corrected chi connectivity index (χ4v) is 4.24. The van der Waals surface area contributed by atoms with Crippen LogP contribution in [-0.4, -0.2) is 49.1 Å². The number of anilines is 1. The van der Waals surface area contributed by atoms with Gasteiger partial charge in [0.1, 0.15) is 0 Å². The summed E-state index contributed by atoms with van der Waals surface area (Å²) in [5.41, 5.74) is 1.23. The van der Waals surface area contributed by atoms with Crippen LogP contribution in [0.3, 0.4) is 0 Å². The predicted octanol–water partition coefficient (Wildman–Crippen LogP) is 2.24. The van der Waals surface area contributed by atoms with Crippen molar-refractivity contribution in [3.05, 3.63) is 28.7 Å². The molecular weight excluding hydrogens is 362 g/mol. The quantitative estimate of drug-likeness (QED) is 0.836. The van der Waals surface area contributed by atoms with E-state index in [1.165, 1.54) is 5.69 Å². The maximum atomic E-state index is 12.2. The van der Waals surface area contributed by atoms with Crippen LogP contribution >= 0.6 is 27.7 Å². The van der Waals surface area contributed by atoms with Gasteiger partial charge in [-0.2, -0.15) is 11.8 Å². The molecule has 1 amide bonds. The largest absolute Gasteiger partial charge is 0.369 e.